The van der Waals surface area contributed by atoms with Gasteiger partial charge in [-0.3, -0.25) is 13.8 Å². The summed E-state index contributed by atoms with van der Waals surface area (Å²) >= 11 is 2.94. The first-order valence-electron chi connectivity index (χ1n) is 10.9. The minimum absolute atomic E-state index is 0.104. The van der Waals surface area contributed by atoms with Crippen molar-refractivity contribution in [1.29, 1.82) is 0 Å². The van der Waals surface area contributed by atoms with E-state index < -0.39 is 0 Å². The third-order valence-corrected chi connectivity index (χ3v) is 7.57. The summed E-state index contributed by atoms with van der Waals surface area (Å²) in [6.45, 7) is 0. The smallest absolute Gasteiger partial charge is 0.259 e. The monoisotopic (exact) mass is 499 g/mol. The van der Waals surface area contributed by atoms with E-state index in [0.717, 1.165) is 27.3 Å². The molecule has 0 aliphatic rings. The number of thioether (sulfide) groups is 1. The van der Waals surface area contributed by atoms with Gasteiger partial charge in [0, 0.05) is 23.9 Å². The van der Waals surface area contributed by atoms with Gasteiger partial charge in [0.2, 0.25) is 0 Å². The zero-order chi connectivity index (χ0) is 23.8. The number of rotatable bonds is 6. The Morgan fingerprint density at radius 1 is 0.914 bits per heavy atom. The first-order valence-corrected chi connectivity index (χ1v) is 12.7. The lowest BCUT2D eigenvalue weighted by atomic mass is 10.1. The number of benzene rings is 3. The molecule has 0 aliphatic carbocycles. The summed E-state index contributed by atoms with van der Waals surface area (Å²) in [5, 5.41) is 9.51. The Balaban J connectivity index is 1.34. The lowest BCUT2D eigenvalue weighted by Gasteiger charge is -2.10. The van der Waals surface area contributed by atoms with Gasteiger partial charge >= 0.3 is 0 Å². The van der Waals surface area contributed by atoms with E-state index in [4.69, 9.17) is 4.98 Å². The average Bonchev–Trinajstić information content (AvgIpc) is 3.45. The standard InChI is InChI=1S/C26H18FN5OS2/c27-18-10-12-20(13-11-18)31-23(14-17-6-2-1-3-7-17)29-30-26(31)34-16-19-15-24(33)32-21-8-4-5-9-22(21)35-25(32)28-19/h1-13,15H,14,16H2. The summed E-state index contributed by atoms with van der Waals surface area (Å²) in [4.78, 5) is 18.3. The molecule has 0 bridgehead atoms. The summed E-state index contributed by atoms with van der Waals surface area (Å²) in [5.41, 5.74) is 3.31. The van der Waals surface area contributed by atoms with Gasteiger partial charge in [0.1, 0.15) is 11.6 Å². The van der Waals surface area contributed by atoms with E-state index in [1.807, 2.05) is 59.2 Å². The van der Waals surface area contributed by atoms with Crippen LogP contribution in [0.25, 0.3) is 20.9 Å². The Morgan fingerprint density at radius 2 is 1.69 bits per heavy atom. The largest absolute Gasteiger partial charge is 0.274 e. The van der Waals surface area contributed by atoms with Crippen LogP contribution >= 0.6 is 23.1 Å². The van der Waals surface area contributed by atoms with Crippen LogP contribution in [0.5, 0.6) is 0 Å². The van der Waals surface area contributed by atoms with Gasteiger partial charge in [-0.05, 0) is 42.0 Å². The number of thiazole rings is 1. The van der Waals surface area contributed by atoms with Gasteiger partial charge in [0.15, 0.2) is 10.1 Å². The van der Waals surface area contributed by atoms with Crippen molar-refractivity contribution >= 4 is 38.3 Å². The zero-order valence-electron chi connectivity index (χ0n) is 18.3. The summed E-state index contributed by atoms with van der Waals surface area (Å²) in [6, 6.07) is 25.6. The highest BCUT2D eigenvalue weighted by Crippen LogP contribution is 2.28. The van der Waals surface area contributed by atoms with Crippen LogP contribution in [-0.4, -0.2) is 24.1 Å². The number of nitrogens with zero attached hydrogens (tertiary/aromatic N) is 5. The molecule has 172 valence electrons. The first-order chi connectivity index (χ1) is 17.2. The van der Waals surface area contributed by atoms with Crippen LogP contribution < -0.4 is 5.56 Å². The predicted octanol–water partition coefficient (Wildman–Crippen LogP) is 5.51. The lowest BCUT2D eigenvalue weighted by Crippen LogP contribution is -2.13. The van der Waals surface area contributed by atoms with E-state index in [1.165, 1.54) is 35.2 Å². The molecule has 0 saturated heterocycles. The Hall–Kier alpha value is -3.82. The first kappa shape index (κ1) is 21.7. The Kier molecular flexibility index (Phi) is 5.63. The fraction of sp³-hybridized carbons (Fsp3) is 0.0769. The molecule has 0 aliphatic heterocycles. The topological polar surface area (TPSA) is 65.1 Å². The molecule has 0 N–H and O–H groups in total. The Bertz CT molecular complexity index is 1710. The van der Waals surface area contributed by atoms with Crippen molar-refractivity contribution in [2.24, 2.45) is 0 Å². The van der Waals surface area contributed by atoms with Gasteiger partial charge in [-0.15, -0.1) is 10.2 Å². The Labute approximate surface area is 207 Å². The normalized spacial score (nSPS) is 11.5. The molecule has 6 aromatic rings. The fourth-order valence-electron chi connectivity index (χ4n) is 3.97. The van der Waals surface area contributed by atoms with Gasteiger partial charge in [0.05, 0.1) is 15.9 Å². The molecule has 6 rings (SSSR count). The van der Waals surface area contributed by atoms with Crippen molar-refractivity contribution in [3.05, 3.63) is 118 Å². The van der Waals surface area contributed by atoms with Gasteiger partial charge in [0.25, 0.3) is 5.56 Å². The molecule has 3 aromatic heterocycles. The molecule has 0 spiro atoms. The second kappa shape index (κ2) is 9.09. The number of para-hydroxylation sites is 1. The minimum Gasteiger partial charge on any atom is -0.274 e. The van der Waals surface area contributed by atoms with E-state index in [9.17, 15) is 9.18 Å². The van der Waals surface area contributed by atoms with E-state index in [-0.39, 0.29) is 11.4 Å². The van der Waals surface area contributed by atoms with Crippen LogP contribution in [0.3, 0.4) is 0 Å². The SMILES string of the molecule is O=c1cc(CSc2nnc(Cc3ccccc3)n2-c2ccc(F)cc2)nc2sc3ccccc3n12. The zero-order valence-corrected chi connectivity index (χ0v) is 20.0. The van der Waals surface area contributed by atoms with Crippen LogP contribution in [0, 0.1) is 5.82 Å². The average molecular weight is 500 g/mol. The maximum absolute atomic E-state index is 13.6. The highest BCUT2D eigenvalue weighted by atomic mass is 32.2. The van der Waals surface area contributed by atoms with Gasteiger partial charge in [-0.2, -0.15) is 0 Å². The van der Waals surface area contributed by atoms with Crippen molar-refractivity contribution in [3.8, 4) is 5.69 Å². The van der Waals surface area contributed by atoms with Crippen LogP contribution in [0.1, 0.15) is 17.1 Å². The molecule has 0 unspecified atom stereocenters. The van der Waals surface area contributed by atoms with Gasteiger partial charge in [-0.1, -0.05) is 65.6 Å². The second-order valence-corrected chi connectivity index (χ2v) is 9.89. The molecule has 3 heterocycles. The maximum atomic E-state index is 13.6. The number of halogens is 1. The summed E-state index contributed by atoms with van der Waals surface area (Å²) in [6.07, 6.45) is 0.582. The maximum Gasteiger partial charge on any atom is 0.259 e. The molecule has 0 atom stereocenters. The molecule has 3 aromatic carbocycles. The molecule has 0 fully saturated rings. The second-order valence-electron chi connectivity index (χ2n) is 7.94. The van der Waals surface area contributed by atoms with Crippen LogP contribution in [0.4, 0.5) is 4.39 Å². The number of fused-ring (bicyclic) bond motifs is 3. The van der Waals surface area contributed by atoms with Gasteiger partial charge in [-0.25, -0.2) is 9.37 Å². The molecule has 6 nitrogen and oxygen atoms in total. The van der Waals surface area contributed by atoms with Crippen molar-refractivity contribution in [2.75, 3.05) is 0 Å². The quantitative estimate of drug-likeness (QED) is 0.283. The van der Waals surface area contributed by atoms with Crippen LogP contribution in [-0.2, 0) is 12.2 Å². The number of aromatic nitrogens is 5. The summed E-state index contributed by atoms with van der Waals surface area (Å²) < 4.78 is 18.2. The molecule has 9 heteroatoms. The summed E-state index contributed by atoms with van der Waals surface area (Å²) in [7, 11) is 0. The highest BCUT2D eigenvalue weighted by Gasteiger charge is 2.17. The van der Waals surface area contributed by atoms with E-state index in [1.54, 1.807) is 22.6 Å². The summed E-state index contributed by atoms with van der Waals surface area (Å²) in [5.74, 6) is 0.894. The minimum atomic E-state index is -0.304. The fourth-order valence-corrected chi connectivity index (χ4v) is 5.88. The number of hydrogen-bond acceptors (Lipinski definition) is 6. The van der Waals surface area contributed by atoms with Crippen molar-refractivity contribution in [2.45, 2.75) is 17.3 Å². The third kappa shape index (κ3) is 4.24. The molecular weight excluding hydrogens is 481 g/mol. The van der Waals surface area contributed by atoms with Crippen LogP contribution in [0.2, 0.25) is 0 Å². The van der Waals surface area contributed by atoms with Crippen molar-refractivity contribution in [3.63, 3.8) is 0 Å². The lowest BCUT2D eigenvalue weighted by molar-refractivity contribution is 0.627. The molecule has 35 heavy (non-hydrogen) atoms. The predicted molar refractivity (Wildman–Crippen MR) is 137 cm³/mol. The Morgan fingerprint density at radius 3 is 2.51 bits per heavy atom. The van der Waals surface area contributed by atoms with Crippen molar-refractivity contribution in [1.82, 2.24) is 24.1 Å². The van der Waals surface area contributed by atoms with Crippen LogP contribution in [0.15, 0.2) is 94.9 Å². The molecular formula is C26H18FN5OS2. The third-order valence-electron chi connectivity index (χ3n) is 5.59. The van der Waals surface area contributed by atoms with E-state index >= 15 is 0 Å². The molecule has 0 saturated carbocycles. The van der Waals surface area contributed by atoms with Gasteiger partial charge < -0.3 is 0 Å². The van der Waals surface area contributed by atoms with E-state index in [2.05, 4.69) is 10.2 Å². The molecule has 0 amide bonds. The molecule has 0 radical (unpaired) electrons. The van der Waals surface area contributed by atoms with E-state index in [0.29, 0.717) is 28.0 Å². The highest BCUT2D eigenvalue weighted by molar-refractivity contribution is 7.98. The number of hydrogen-bond donors (Lipinski definition) is 0. The van der Waals surface area contributed by atoms with Crippen molar-refractivity contribution < 1.29 is 4.39 Å².